The van der Waals surface area contributed by atoms with Gasteiger partial charge in [0.05, 0.1) is 5.52 Å². The summed E-state index contributed by atoms with van der Waals surface area (Å²) in [4.78, 5) is 18.7. The Morgan fingerprint density at radius 1 is 1.11 bits per heavy atom. The van der Waals surface area contributed by atoms with Gasteiger partial charge in [0, 0.05) is 36.5 Å². The molecule has 1 saturated heterocycles. The molecular formula is C24H24N2O. The van der Waals surface area contributed by atoms with Gasteiger partial charge in [-0.05, 0) is 53.6 Å². The monoisotopic (exact) mass is 356 g/mol. The van der Waals surface area contributed by atoms with Gasteiger partial charge in [0.25, 0.3) is 0 Å². The second-order valence-corrected chi connectivity index (χ2v) is 8.22. The van der Waals surface area contributed by atoms with Gasteiger partial charge in [-0.25, -0.2) is 0 Å². The van der Waals surface area contributed by atoms with Crippen LogP contribution in [-0.4, -0.2) is 28.9 Å². The number of pyridine rings is 1. The van der Waals surface area contributed by atoms with Gasteiger partial charge in [-0.1, -0.05) is 43.3 Å². The van der Waals surface area contributed by atoms with Crippen molar-refractivity contribution in [2.24, 2.45) is 0 Å². The Kier molecular flexibility index (Phi) is 3.61. The van der Waals surface area contributed by atoms with Crippen molar-refractivity contribution < 1.29 is 4.79 Å². The maximum Gasteiger partial charge on any atom is 0.222 e. The SMILES string of the molecule is CN1C(=O)CC[C@]2(C)c3ccc(-c4cccc5ncccc45)cc3CC[C@@H]12. The first-order valence-electron chi connectivity index (χ1n) is 9.81. The van der Waals surface area contributed by atoms with E-state index in [9.17, 15) is 4.79 Å². The van der Waals surface area contributed by atoms with Crippen LogP contribution in [-0.2, 0) is 16.6 Å². The molecule has 1 aromatic heterocycles. The molecule has 2 aromatic carbocycles. The number of hydrogen-bond acceptors (Lipinski definition) is 2. The fourth-order valence-electron chi connectivity index (χ4n) is 5.31. The number of fused-ring (bicyclic) bond motifs is 4. The Morgan fingerprint density at radius 2 is 2.00 bits per heavy atom. The summed E-state index contributed by atoms with van der Waals surface area (Å²) in [5.41, 5.74) is 6.47. The highest BCUT2D eigenvalue weighted by Crippen LogP contribution is 2.46. The molecule has 136 valence electrons. The Labute approximate surface area is 160 Å². The summed E-state index contributed by atoms with van der Waals surface area (Å²) in [7, 11) is 1.98. The van der Waals surface area contributed by atoms with Crippen LogP contribution in [0.3, 0.4) is 0 Å². The maximum atomic E-state index is 12.2. The van der Waals surface area contributed by atoms with Crippen molar-refractivity contribution >= 4 is 16.8 Å². The van der Waals surface area contributed by atoms with E-state index in [2.05, 4.69) is 54.4 Å². The van der Waals surface area contributed by atoms with Crippen LogP contribution < -0.4 is 0 Å². The molecule has 0 bridgehead atoms. The summed E-state index contributed by atoms with van der Waals surface area (Å²) in [5.74, 6) is 0.292. The van der Waals surface area contributed by atoms with E-state index in [1.54, 1.807) is 0 Å². The lowest BCUT2D eigenvalue weighted by molar-refractivity contribution is -0.138. The first-order valence-corrected chi connectivity index (χ1v) is 9.81. The van der Waals surface area contributed by atoms with Crippen molar-refractivity contribution in [3.8, 4) is 11.1 Å². The number of aryl methyl sites for hydroxylation is 1. The molecule has 1 aliphatic carbocycles. The molecule has 3 heteroatoms. The molecule has 0 saturated carbocycles. The molecule has 0 N–H and O–H groups in total. The molecule has 0 spiro atoms. The smallest absolute Gasteiger partial charge is 0.222 e. The Bertz CT molecular complexity index is 1050. The summed E-state index contributed by atoms with van der Waals surface area (Å²) in [6.45, 7) is 2.35. The number of benzene rings is 2. The van der Waals surface area contributed by atoms with Gasteiger partial charge >= 0.3 is 0 Å². The zero-order valence-electron chi connectivity index (χ0n) is 15.9. The number of carbonyl (C=O) groups is 1. The van der Waals surface area contributed by atoms with E-state index < -0.39 is 0 Å². The molecule has 2 atom stereocenters. The van der Waals surface area contributed by atoms with Gasteiger partial charge < -0.3 is 4.90 Å². The molecule has 0 radical (unpaired) electrons. The predicted octanol–water partition coefficient (Wildman–Crippen LogP) is 4.73. The fourth-order valence-corrected chi connectivity index (χ4v) is 5.31. The van der Waals surface area contributed by atoms with Crippen molar-refractivity contribution in [3.05, 3.63) is 65.9 Å². The van der Waals surface area contributed by atoms with Crippen LogP contribution in [0.5, 0.6) is 0 Å². The van der Waals surface area contributed by atoms with Gasteiger partial charge in [-0.3, -0.25) is 9.78 Å². The van der Waals surface area contributed by atoms with Crippen LogP contribution in [0.15, 0.2) is 54.7 Å². The third-order valence-electron chi connectivity index (χ3n) is 6.82. The number of likely N-dealkylation sites (tertiary alicyclic amines) is 1. The van der Waals surface area contributed by atoms with E-state index >= 15 is 0 Å². The molecule has 27 heavy (non-hydrogen) atoms. The van der Waals surface area contributed by atoms with E-state index in [0.717, 1.165) is 24.8 Å². The van der Waals surface area contributed by atoms with E-state index in [1.165, 1.54) is 27.6 Å². The summed E-state index contributed by atoms with van der Waals surface area (Å²) in [6.07, 6.45) is 5.53. The average Bonchev–Trinajstić information content (AvgIpc) is 2.70. The minimum atomic E-state index is 0.0646. The lowest BCUT2D eigenvalue weighted by atomic mass is 9.63. The standard InChI is InChI=1S/C24H24N2O/c1-24-13-12-23(27)26(2)22(24)11-9-17-15-16(8-10-20(17)24)18-5-3-7-21-19(18)6-4-14-25-21/h3-8,10,14-15,22H,9,11-13H2,1-2H3/t22-,24-/m1/s1. The lowest BCUT2D eigenvalue weighted by Crippen LogP contribution is -2.56. The molecule has 3 nitrogen and oxygen atoms in total. The summed E-state index contributed by atoms with van der Waals surface area (Å²) in [5, 5.41) is 1.20. The first-order chi connectivity index (χ1) is 13.1. The molecule has 1 aliphatic heterocycles. The second kappa shape index (κ2) is 5.91. The molecule has 5 rings (SSSR count). The normalized spacial score (nSPS) is 24.6. The van der Waals surface area contributed by atoms with Crippen LogP contribution in [0.1, 0.15) is 37.3 Å². The van der Waals surface area contributed by atoms with Gasteiger partial charge in [0.2, 0.25) is 5.91 Å². The summed E-state index contributed by atoms with van der Waals surface area (Å²) >= 11 is 0. The maximum absolute atomic E-state index is 12.2. The molecular weight excluding hydrogens is 332 g/mol. The zero-order chi connectivity index (χ0) is 18.6. The second-order valence-electron chi connectivity index (χ2n) is 8.22. The van der Waals surface area contributed by atoms with Crippen molar-refractivity contribution in [2.75, 3.05) is 7.05 Å². The number of rotatable bonds is 1. The molecule has 3 aromatic rings. The lowest BCUT2D eigenvalue weighted by Gasteiger charge is -2.50. The van der Waals surface area contributed by atoms with Crippen molar-refractivity contribution in [2.45, 2.75) is 44.1 Å². The number of nitrogens with zero attached hydrogens (tertiary/aromatic N) is 2. The third kappa shape index (κ3) is 2.41. The van der Waals surface area contributed by atoms with E-state index in [-0.39, 0.29) is 5.41 Å². The summed E-state index contributed by atoms with van der Waals surface area (Å²) in [6, 6.07) is 17.8. The average molecular weight is 356 g/mol. The summed E-state index contributed by atoms with van der Waals surface area (Å²) < 4.78 is 0. The van der Waals surface area contributed by atoms with Crippen molar-refractivity contribution in [3.63, 3.8) is 0 Å². The van der Waals surface area contributed by atoms with Gasteiger partial charge in [-0.2, -0.15) is 0 Å². The van der Waals surface area contributed by atoms with Crippen molar-refractivity contribution in [1.82, 2.24) is 9.88 Å². The number of carbonyl (C=O) groups excluding carboxylic acids is 1. The quantitative estimate of drug-likeness (QED) is 0.632. The minimum Gasteiger partial charge on any atom is -0.342 e. The number of piperidine rings is 1. The Hall–Kier alpha value is -2.68. The molecule has 1 amide bonds. The predicted molar refractivity (Wildman–Crippen MR) is 109 cm³/mol. The molecule has 2 heterocycles. The first kappa shape index (κ1) is 16.5. The molecule has 2 aliphatic rings. The minimum absolute atomic E-state index is 0.0646. The largest absolute Gasteiger partial charge is 0.342 e. The van der Waals surface area contributed by atoms with E-state index in [1.807, 2.05) is 24.2 Å². The van der Waals surface area contributed by atoms with Crippen molar-refractivity contribution in [1.29, 1.82) is 0 Å². The van der Waals surface area contributed by atoms with E-state index in [0.29, 0.717) is 18.4 Å². The number of likely N-dealkylation sites (N-methyl/N-ethyl adjacent to an activating group) is 1. The van der Waals surface area contributed by atoms with E-state index in [4.69, 9.17) is 0 Å². The Balaban J connectivity index is 1.62. The zero-order valence-corrected chi connectivity index (χ0v) is 15.9. The van der Waals surface area contributed by atoms with Crippen LogP contribution in [0.25, 0.3) is 22.0 Å². The third-order valence-corrected chi connectivity index (χ3v) is 6.82. The number of amides is 1. The molecule has 1 fully saturated rings. The van der Waals surface area contributed by atoms with Crippen LogP contribution in [0, 0.1) is 0 Å². The number of aromatic nitrogens is 1. The highest BCUT2D eigenvalue weighted by atomic mass is 16.2. The van der Waals surface area contributed by atoms with Gasteiger partial charge in [0.1, 0.15) is 0 Å². The Morgan fingerprint density at radius 3 is 2.89 bits per heavy atom. The van der Waals surface area contributed by atoms with Crippen LogP contribution >= 0.6 is 0 Å². The van der Waals surface area contributed by atoms with Gasteiger partial charge in [0.15, 0.2) is 0 Å². The number of hydrogen-bond donors (Lipinski definition) is 0. The highest BCUT2D eigenvalue weighted by Gasteiger charge is 2.46. The molecule has 0 unspecified atom stereocenters. The fraction of sp³-hybridized carbons (Fsp3) is 0.333. The van der Waals surface area contributed by atoms with Crippen LogP contribution in [0.2, 0.25) is 0 Å². The van der Waals surface area contributed by atoms with Crippen LogP contribution in [0.4, 0.5) is 0 Å². The highest BCUT2D eigenvalue weighted by molar-refractivity contribution is 5.94. The van der Waals surface area contributed by atoms with Gasteiger partial charge in [-0.15, -0.1) is 0 Å². The topological polar surface area (TPSA) is 33.2 Å².